The number of amides is 1. The van der Waals surface area contributed by atoms with Gasteiger partial charge in [0, 0.05) is 31.7 Å². The molecule has 3 rings (SSSR count). The van der Waals surface area contributed by atoms with E-state index in [4.69, 9.17) is 14.0 Å². The van der Waals surface area contributed by atoms with Crippen LogP contribution in [0.15, 0.2) is 24.3 Å². The van der Waals surface area contributed by atoms with Gasteiger partial charge in [-0.3, -0.25) is 9.69 Å². The molecule has 8 heteroatoms. The molecule has 0 unspecified atom stereocenters. The molecule has 1 aromatic carbocycles. The van der Waals surface area contributed by atoms with Crippen LogP contribution in [0.1, 0.15) is 58.8 Å². The van der Waals surface area contributed by atoms with Crippen molar-refractivity contribution in [2.24, 2.45) is 0 Å². The first-order valence-corrected chi connectivity index (χ1v) is 11.0. The molecular weight excluding hydrogens is 395 g/mol. The standard InChI is InChI=1S/C23H35BN2O5/c1-21(2,3)29-20(28)26-14-12-25(13-15-26)16-19(27)17-8-10-18(11-9-17)24-30-22(4,5)23(6,7)31-24/h8-11H,12-16H2,1-7H3. The first-order chi connectivity index (χ1) is 14.3. The lowest BCUT2D eigenvalue weighted by atomic mass is 9.78. The fourth-order valence-electron chi connectivity index (χ4n) is 3.51. The molecule has 0 atom stereocenters. The fraction of sp³-hybridized carbons (Fsp3) is 0.652. The van der Waals surface area contributed by atoms with Gasteiger partial charge in [-0.25, -0.2) is 4.79 Å². The molecule has 1 aromatic rings. The van der Waals surface area contributed by atoms with Gasteiger partial charge in [0.2, 0.25) is 0 Å². The number of benzene rings is 1. The summed E-state index contributed by atoms with van der Waals surface area (Å²) in [5, 5.41) is 0. The van der Waals surface area contributed by atoms with Gasteiger partial charge < -0.3 is 18.9 Å². The minimum absolute atomic E-state index is 0.0613. The highest BCUT2D eigenvalue weighted by atomic mass is 16.7. The molecule has 0 bridgehead atoms. The summed E-state index contributed by atoms with van der Waals surface area (Å²) in [7, 11) is -0.435. The number of rotatable bonds is 4. The van der Waals surface area contributed by atoms with E-state index < -0.39 is 23.9 Å². The molecule has 2 aliphatic heterocycles. The Bertz CT molecular complexity index is 792. The number of carbonyl (C=O) groups is 2. The maximum Gasteiger partial charge on any atom is 0.494 e. The predicted octanol–water partition coefficient (Wildman–Crippen LogP) is 2.72. The smallest absolute Gasteiger partial charge is 0.444 e. The van der Waals surface area contributed by atoms with E-state index in [9.17, 15) is 9.59 Å². The topological polar surface area (TPSA) is 68.3 Å². The molecule has 7 nitrogen and oxygen atoms in total. The summed E-state index contributed by atoms with van der Waals surface area (Å²) in [5.74, 6) is 0.0613. The maximum atomic E-state index is 12.7. The first kappa shape index (κ1) is 23.8. The summed E-state index contributed by atoms with van der Waals surface area (Å²) in [6.45, 7) is 16.4. The summed E-state index contributed by atoms with van der Waals surface area (Å²) in [5.41, 5.74) is 0.272. The maximum absolute atomic E-state index is 12.7. The number of hydrogen-bond donors (Lipinski definition) is 0. The second-order valence-corrected chi connectivity index (χ2v) is 10.4. The van der Waals surface area contributed by atoms with E-state index >= 15 is 0 Å². The molecule has 0 radical (unpaired) electrons. The molecule has 170 valence electrons. The van der Waals surface area contributed by atoms with Crippen LogP contribution in [0.3, 0.4) is 0 Å². The van der Waals surface area contributed by atoms with Crippen molar-refractivity contribution in [3.63, 3.8) is 0 Å². The summed E-state index contributed by atoms with van der Waals surface area (Å²) in [6, 6.07) is 7.46. The lowest BCUT2D eigenvalue weighted by molar-refractivity contribution is 0.00578. The minimum Gasteiger partial charge on any atom is -0.444 e. The molecule has 2 fully saturated rings. The van der Waals surface area contributed by atoms with Gasteiger partial charge in [0.15, 0.2) is 5.78 Å². The second-order valence-electron chi connectivity index (χ2n) is 10.4. The van der Waals surface area contributed by atoms with Crippen LogP contribution in [0.25, 0.3) is 0 Å². The van der Waals surface area contributed by atoms with Crippen LogP contribution >= 0.6 is 0 Å². The lowest BCUT2D eigenvalue weighted by Crippen LogP contribution is -2.51. The second kappa shape index (κ2) is 8.56. The van der Waals surface area contributed by atoms with Gasteiger partial charge in [0.1, 0.15) is 5.60 Å². The fourth-order valence-corrected chi connectivity index (χ4v) is 3.51. The van der Waals surface area contributed by atoms with Crippen molar-refractivity contribution in [2.45, 2.75) is 65.3 Å². The van der Waals surface area contributed by atoms with Gasteiger partial charge in [-0.2, -0.15) is 0 Å². The van der Waals surface area contributed by atoms with Crippen LogP contribution in [-0.4, -0.2) is 78.3 Å². The van der Waals surface area contributed by atoms with Gasteiger partial charge in [0.05, 0.1) is 17.7 Å². The van der Waals surface area contributed by atoms with Gasteiger partial charge >= 0.3 is 13.2 Å². The monoisotopic (exact) mass is 430 g/mol. The molecule has 2 aliphatic rings. The van der Waals surface area contributed by atoms with Crippen LogP contribution in [0.2, 0.25) is 0 Å². The Balaban J connectivity index is 1.51. The third-order valence-electron chi connectivity index (χ3n) is 6.15. The average Bonchev–Trinajstić information content (AvgIpc) is 2.88. The van der Waals surface area contributed by atoms with E-state index in [1.807, 2.05) is 72.7 Å². The number of nitrogens with zero attached hydrogens (tertiary/aromatic N) is 2. The highest BCUT2D eigenvalue weighted by Crippen LogP contribution is 2.36. The van der Waals surface area contributed by atoms with Crippen molar-refractivity contribution in [2.75, 3.05) is 32.7 Å². The van der Waals surface area contributed by atoms with Crippen LogP contribution in [-0.2, 0) is 14.0 Å². The Morgan fingerprint density at radius 1 is 0.968 bits per heavy atom. The molecular formula is C23H35BN2O5. The van der Waals surface area contributed by atoms with Crippen molar-refractivity contribution >= 4 is 24.5 Å². The first-order valence-electron chi connectivity index (χ1n) is 11.0. The van der Waals surface area contributed by atoms with Crippen molar-refractivity contribution in [1.29, 1.82) is 0 Å². The van der Waals surface area contributed by atoms with E-state index in [-0.39, 0.29) is 11.9 Å². The summed E-state index contributed by atoms with van der Waals surface area (Å²) >= 11 is 0. The zero-order valence-corrected chi connectivity index (χ0v) is 19.9. The molecule has 0 aliphatic carbocycles. The number of hydrogen-bond acceptors (Lipinski definition) is 6. The number of ether oxygens (including phenoxy) is 1. The van der Waals surface area contributed by atoms with E-state index in [2.05, 4.69) is 4.90 Å². The Kier molecular flexibility index (Phi) is 6.56. The zero-order chi connectivity index (χ0) is 23.0. The lowest BCUT2D eigenvalue weighted by Gasteiger charge is -2.35. The Morgan fingerprint density at radius 3 is 1.97 bits per heavy atom. The van der Waals surface area contributed by atoms with Crippen LogP contribution in [0.5, 0.6) is 0 Å². The molecule has 2 saturated heterocycles. The molecule has 2 heterocycles. The SMILES string of the molecule is CC(C)(C)OC(=O)N1CCN(CC(=O)c2ccc(B3OC(C)(C)C(C)(C)O3)cc2)CC1. The summed E-state index contributed by atoms with van der Waals surface area (Å²) < 4.78 is 17.6. The van der Waals surface area contributed by atoms with E-state index in [0.29, 0.717) is 38.3 Å². The highest BCUT2D eigenvalue weighted by Gasteiger charge is 2.51. The normalized spacial score (nSPS) is 21.3. The molecule has 1 amide bonds. The minimum atomic E-state index is -0.504. The van der Waals surface area contributed by atoms with Gasteiger partial charge in [-0.15, -0.1) is 0 Å². The van der Waals surface area contributed by atoms with Crippen LogP contribution < -0.4 is 5.46 Å². The van der Waals surface area contributed by atoms with E-state index in [1.165, 1.54) is 0 Å². The third kappa shape index (κ3) is 5.67. The number of ketones is 1. The molecule has 0 spiro atoms. The van der Waals surface area contributed by atoms with Crippen molar-refractivity contribution in [3.05, 3.63) is 29.8 Å². The Morgan fingerprint density at radius 2 is 1.48 bits per heavy atom. The van der Waals surface area contributed by atoms with Crippen molar-refractivity contribution < 1.29 is 23.6 Å². The number of piperazine rings is 1. The molecule has 0 N–H and O–H groups in total. The molecule has 0 aromatic heterocycles. The van der Waals surface area contributed by atoms with Gasteiger partial charge in [-0.05, 0) is 53.9 Å². The van der Waals surface area contributed by atoms with E-state index in [0.717, 1.165) is 5.46 Å². The van der Waals surface area contributed by atoms with Gasteiger partial charge in [-0.1, -0.05) is 24.3 Å². The van der Waals surface area contributed by atoms with Crippen LogP contribution in [0, 0.1) is 0 Å². The zero-order valence-electron chi connectivity index (χ0n) is 19.9. The highest BCUT2D eigenvalue weighted by molar-refractivity contribution is 6.62. The molecule has 0 saturated carbocycles. The predicted molar refractivity (Wildman–Crippen MR) is 121 cm³/mol. The van der Waals surface area contributed by atoms with Crippen molar-refractivity contribution in [1.82, 2.24) is 9.80 Å². The number of carbonyl (C=O) groups excluding carboxylic acids is 2. The quantitative estimate of drug-likeness (QED) is 0.541. The Hall–Kier alpha value is -1.90. The van der Waals surface area contributed by atoms with Crippen LogP contribution in [0.4, 0.5) is 4.79 Å². The Labute approximate surface area is 186 Å². The summed E-state index contributed by atoms with van der Waals surface area (Å²) in [4.78, 5) is 28.7. The molecule has 31 heavy (non-hydrogen) atoms. The van der Waals surface area contributed by atoms with Gasteiger partial charge in [0.25, 0.3) is 0 Å². The average molecular weight is 430 g/mol. The third-order valence-corrected chi connectivity index (χ3v) is 6.15. The van der Waals surface area contributed by atoms with Crippen molar-refractivity contribution in [3.8, 4) is 0 Å². The van der Waals surface area contributed by atoms with E-state index in [1.54, 1.807) is 4.90 Å². The number of Topliss-reactive ketones (excluding diaryl/α,β-unsaturated/α-hetero) is 1. The largest absolute Gasteiger partial charge is 0.494 e. The summed E-state index contributed by atoms with van der Waals surface area (Å²) in [6.07, 6.45) is -0.295.